The summed E-state index contributed by atoms with van der Waals surface area (Å²) in [7, 11) is 2.98. The minimum atomic E-state index is -0.699. The smallest absolute Gasteiger partial charge is 0.407 e. The number of carbonyl (C=O) groups excluding carboxylic acids is 3. The second-order valence-electron chi connectivity index (χ2n) is 11.8. The van der Waals surface area contributed by atoms with Crippen molar-refractivity contribution >= 4 is 34.9 Å². The number of nitrogens with one attached hydrogen (secondary N) is 2. The second-order valence-corrected chi connectivity index (χ2v) is 11.8. The fraction of sp³-hybridized carbons (Fsp3) is 0.484. The van der Waals surface area contributed by atoms with Crippen LogP contribution in [0, 0.1) is 0 Å². The van der Waals surface area contributed by atoms with E-state index in [2.05, 4.69) is 10.6 Å². The number of aryl methyl sites for hydroxylation is 1. The molecular weight excluding hydrogens is 582 g/mol. The van der Waals surface area contributed by atoms with Crippen LogP contribution in [0.25, 0.3) is 11.2 Å². The molecule has 2 N–H and O–H groups in total. The van der Waals surface area contributed by atoms with Crippen molar-refractivity contribution in [1.82, 2.24) is 29.3 Å². The second kappa shape index (κ2) is 13.8. The van der Waals surface area contributed by atoms with Crippen molar-refractivity contribution in [3.8, 4) is 5.75 Å². The van der Waals surface area contributed by atoms with E-state index in [1.165, 1.54) is 24.7 Å². The van der Waals surface area contributed by atoms with Crippen molar-refractivity contribution in [2.24, 2.45) is 7.05 Å². The number of aromatic nitrogens is 4. The molecule has 3 heterocycles. The van der Waals surface area contributed by atoms with Gasteiger partial charge in [0.05, 0.1) is 12.1 Å². The highest BCUT2D eigenvalue weighted by Gasteiger charge is 2.29. The van der Waals surface area contributed by atoms with Crippen LogP contribution in [0.4, 0.5) is 10.7 Å². The number of rotatable bonds is 10. The number of Topliss-reactive ketones (excluding diaryl/α,β-unsaturated/α-hetero) is 1. The van der Waals surface area contributed by atoms with Gasteiger partial charge >= 0.3 is 11.8 Å². The molecule has 0 unspecified atom stereocenters. The van der Waals surface area contributed by atoms with Gasteiger partial charge in [0, 0.05) is 39.8 Å². The van der Waals surface area contributed by atoms with E-state index in [0.717, 1.165) is 17.4 Å². The number of carbonyl (C=O) groups is 3. The van der Waals surface area contributed by atoms with Crippen molar-refractivity contribution < 1.29 is 23.9 Å². The predicted octanol–water partition coefficient (Wildman–Crippen LogP) is 1.97. The van der Waals surface area contributed by atoms with E-state index in [1.54, 1.807) is 43.5 Å². The Hall–Kier alpha value is -4.88. The molecule has 0 saturated carbocycles. The van der Waals surface area contributed by atoms with E-state index in [4.69, 9.17) is 14.5 Å². The molecule has 14 nitrogen and oxygen atoms in total. The van der Waals surface area contributed by atoms with Crippen molar-refractivity contribution in [2.45, 2.75) is 65.3 Å². The summed E-state index contributed by atoms with van der Waals surface area (Å²) in [5.41, 5.74) is -1.50. The summed E-state index contributed by atoms with van der Waals surface area (Å²) >= 11 is 0. The Bertz CT molecular complexity index is 1730. The van der Waals surface area contributed by atoms with E-state index < -0.39 is 35.3 Å². The van der Waals surface area contributed by atoms with Gasteiger partial charge in [-0.25, -0.2) is 9.59 Å². The summed E-state index contributed by atoms with van der Waals surface area (Å²) in [6, 6.07) is 6.13. The maximum atomic E-state index is 14.0. The first-order chi connectivity index (χ1) is 21.3. The summed E-state index contributed by atoms with van der Waals surface area (Å²) in [4.78, 5) is 71.7. The number of allylic oxidation sites excluding steroid dienone is 2. The molecular formula is C31H41N7O7. The number of nitrogens with zero attached hydrogens (tertiary/aromatic N) is 5. The maximum Gasteiger partial charge on any atom is 0.407 e. The van der Waals surface area contributed by atoms with Crippen LogP contribution in [0.3, 0.4) is 0 Å². The highest BCUT2D eigenvalue weighted by atomic mass is 16.6. The number of alkyl carbamates (subject to hydrolysis) is 1. The largest absolute Gasteiger partial charge is 0.483 e. The van der Waals surface area contributed by atoms with Gasteiger partial charge < -0.3 is 29.6 Å². The predicted molar refractivity (Wildman–Crippen MR) is 169 cm³/mol. The van der Waals surface area contributed by atoms with E-state index in [0.29, 0.717) is 25.6 Å². The molecule has 1 aliphatic rings. The average Bonchev–Trinajstić information content (AvgIpc) is 3.38. The molecule has 1 atom stereocenters. The summed E-state index contributed by atoms with van der Waals surface area (Å²) in [5, 5.41) is 5.37. The molecule has 0 bridgehead atoms. The number of ether oxygens (including phenoxy) is 2. The van der Waals surface area contributed by atoms with Crippen LogP contribution in [0.15, 0.2) is 46.0 Å². The molecule has 4 rings (SSSR count). The van der Waals surface area contributed by atoms with Gasteiger partial charge in [0.15, 0.2) is 23.6 Å². The molecule has 1 saturated heterocycles. The lowest BCUT2D eigenvalue weighted by Crippen LogP contribution is -2.49. The molecule has 0 radical (unpaired) electrons. The Morgan fingerprint density at radius 2 is 1.87 bits per heavy atom. The van der Waals surface area contributed by atoms with Gasteiger partial charge in [-0.1, -0.05) is 24.3 Å². The number of piperidine rings is 1. The first-order valence-corrected chi connectivity index (χ1v) is 14.9. The van der Waals surface area contributed by atoms with Gasteiger partial charge in [0.2, 0.25) is 5.95 Å². The number of amides is 2. The minimum absolute atomic E-state index is 0.135. The number of para-hydroxylation sites is 1. The molecule has 1 aromatic carbocycles. The van der Waals surface area contributed by atoms with E-state index in [1.807, 2.05) is 24.0 Å². The van der Waals surface area contributed by atoms with Gasteiger partial charge in [0.25, 0.3) is 11.5 Å². The normalized spacial score (nSPS) is 15.3. The van der Waals surface area contributed by atoms with Crippen LogP contribution in [0.1, 0.15) is 50.9 Å². The number of anilines is 1. The molecule has 0 spiro atoms. The summed E-state index contributed by atoms with van der Waals surface area (Å²) in [5.74, 6) is -0.272. The molecule has 2 aromatic heterocycles. The number of benzene rings is 1. The van der Waals surface area contributed by atoms with Gasteiger partial charge in [-0.15, -0.1) is 0 Å². The highest BCUT2D eigenvalue weighted by molar-refractivity contribution is 5.98. The van der Waals surface area contributed by atoms with Crippen LogP contribution in [0.2, 0.25) is 0 Å². The van der Waals surface area contributed by atoms with Crippen molar-refractivity contribution in [3.63, 3.8) is 0 Å². The first-order valence-electron chi connectivity index (χ1n) is 14.9. The summed E-state index contributed by atoms with van der Waals surface area (Å²) in [6.07, 6.45) is 4.70. The third-order valence-corrected chi connectivity index (χ3v) is 7.29. The Kier molecular flexibility index (Phi) is 10.1. The zero-order chi connectivity index (χ0) is 32.9. The van der Waals surface area contributed by atoms with Gasteiger partial charge in [-0.3, -0.25) is 23.5 Å². The molecule has 3 aromatic rings. The quantitative estimate of drug-likeness (QED) is 0.254. The topological polar surface area (TPSA) is 159 Å². The van der Waals surface area contributed by atoms with Crippen molar-refractivity contribution in [1.29, 1.82) is 0 Å². The van der Waals surface area contributed by atoms with Crippen molar-refractivity contribution in [3.05, 3.63) is 62.8 Å². The highest BCUT2D eigenvalue weighted by Crippen LogP contribution is 2.24. The molecule has 0 aliphatic carbocycles. The Morgan fingerprint density at radius 3 is 2.56 bits per heavy atom. The van der Waals surface area contributed by atoms with Crippen LogP contribution in [-0.2, 0) is 29.7 Å². The Morgan fingerprint density at radius 1 is 1.13 bits per heavy atom. The lowest BCUT2D eigenvalue weighted by molar-refractivity contribution is -0.122. The molecule has 1 fully saturated rings. The third kappa shape index (κ3) is 7.62. The van der Waals surface area contributed by atoms with Crippen molar-refractivity contribution in [2.75, 3.05) is 31.6 Å². The van der Waals surface area contributed by atoms with Crippen LogP contribution >= 0.6 is 0 Å². The standard InChI is InChI=1S/C31H41N7O7/c1-7-8-16-37-25-26(34-28(37)36-15-11-12-20(17-36)33-29(42)45-31(2,3)4)35(6)30(43)38(27(25)41)18-22(39)21-13-9-10-14-23(21)44-19-24(40)32-5/h7-10,13-14,20H,11-12,15-19H2,1-6H3,(H,32,40)(H,33,42)/t20-/m1/s1. The Labute approximate surface area is 260 Å². The van der Waals surface area contributed by atoms with E-state index in [-0.39, 0.29) is 41.0 Å². The summed E-state index contributed by atoms with van der Waals surface area (Å²) in [6.45, 7) is 7.75. The molecule has 1 aliphatic heterocycles. The van der Waals surface area contributed by atoms with Crippen LogP contribution in [-0.4, -0.2) is 74.9 Å². The number of likely N-dealkylation sites (N-methyl/N-ethyl adjacent to an activating group) is 1. The zero-order valence-electron chi connectivity index (χ0n) is 26.6. The molecule has 2 amide bonds. The lowest BCUT2D eigenvalue weighted by Gasteiger charge is -2.34. The lowest BCUT2D eigenvalue weighted by atomic mass is 10.1. The number of fused-ring (bicyclic) bond motifs is 1. The monoisotopic (exact) mass is 623 g/mol. The number of hydrogen-bond donors (Lipinski definition) is 2. The van der Waals surface area contributed by atoms with Gasteiger partial charge in [0.1, 0.15) is 11.4 Å². The minimum Gasteiger partial charge on any atom is -0.483 e. The number of ketones is 1. The zero-order valence-corrected chi connectivity index (χ0v) is 26.6. The Balaban J connectivity index is 1.71. The van der Waals surface area contributed by atoms with Gasteiger partial charge in [-0.2, -0.15) is 4.98 Å². The number of imidazole rings is 1. The van der Waals surface area contributed by atoms with Crippen LogP contribution in [0.5, 0.6) is 5.75 Å². The summed E-state index contributed by atoms with van der Waals surface area (Å²) < 4.78 is 14.8. The first kappa shape index (κ1) is 33.0. The third-order valence-electron chi connectivity index (χ3n) is 7.29. The molecule has 45 heavy (non-hydrogen) atoms. The molecule has 242 valence electrons. The maximum absolute atomic E-state index is 14.0. The average molecular weight is 624 g/mol. The molecule has 14 heteroatoms. The SMILES string of the molecule is CC=CCn1c(N2CCC[C@@H](NC(=O)OC(C)(C)C)C2)nc2c1c(=O)n(CC(=O)c1ccccc1OCC(=O)NC)c(=O)n2C. The van der Waals surface area contributed by atoms with E-state index in [9.17, 15) is 24.0 Å². The van der Waals surface area contributed by atoms with E-state index >= 15 is 0 Å². The fourth-order valence-electron chi connectivity index (χ4n) is 5.14. The fourth-order valence-corrected chi connectivity index (χ4v) is 5.14. The van der Waals surface area contributed by atoms with Gasteiger partial charge in [-0.05, 0) is 52.7 Å². The number of hydrogen-bond acceptors (Lipinski definition) is 9. The van der Waals surface area contributed by atoms with Crippen LogP contribution < -0.4 is 31.5 Å².